The summed E-state index contributed by atoms with van der Waals surface area (Å²) >= 11 is 0. The first-order valence-electron chi connectivity index (χ1n) is 11.7. The second-order valence-corrected chi connectivity index (χ2v) is 8.39. The number of fused-ring (bicyclic) bond motifs is 1. The van der Waals surface area contributed by atoms with Gasteiger partial charge in [-0.2, -0.15) is 5.26 Å². The monoisotopic (exact) mass is 489 g/mol. The number of hydrogen-bond donors (Lipinski definition) is 2. The number of para-hydroxylation sites is 1. The van der Waals surface area contributed by atoms with Crippen molar-refractivity contribution in [2.45, 2.75) is 13.3 Å². The summed E-state index contributed by atoms with van der Waals surface area (Å²) in [5.74, 6) is 0.723. The Bertz CT molecular complexity index is 1790. The summed E-state index contributed by atoms with van der Waals surface area (Å²) in [6.07, 6.45) is 2.17. The third kappa shape index (κ3) is 3.93. The van der Waals surface area contributed by atoms with E-state index in [9.17, 15) is 20.6 Å². The summed E-state index contributed by atoms with van der Waals surface area (Å²) in [5, 5.41) is 29.6. The van der Waals surface area contributed by atoms with Crippen molar-refractivity contribution in [3.05, 3.63) is 106 Å². The standard InChI is InChI=1S/C29H23N5O3/c1-3-18-6-4-5-7-24(18)34-28-26(25(23(16-30)29(34)36)19-8-12-21(35)13-9-19)27(31)33(17-32-28)20-10-14-22(37-2)15-11-20/h4-15,17,31,35H,3H2,1-2H3. The van der Waals surface area contributed by atoms with Crippen LogP contribution in [0.4, 0.5) is 0 Å². The highest BCUT2D eigenvalue weighted by atomic mass is 16.5. The number of phenolic OH excluding ortho intramolecular Hbond substituents is 1. The fourth-order valence-corrected chi connectivity index (χ4v) is 4.51. The Morgan fingerprint density at radius 2 is 1.76 bits per heavy atom. The largest absolute Gasteiger partial charge is 0.508 e. The average molecular weight is 490 g/mol. The molecule has 0 amide bonds. The molecule has 0 aliphatic heterocycles. The minimum Gasteiger partial charge on any atom is -0.508 e. The molecule has 0 saturated heterocycles. The average Bonchev–Trinajstić information content (AvgIpc) is 2.93. The summed E-state index contributed by atoms with van der Waals surface area (Å²) < 4.78 is 8.27. The van der Waals surface area contributed by atoms with Crippen LogP contribution in [0.5, 0.6) is 11.5 Å². The molecule has 8 heteroatoms. The molecule has 0 aliphatic rings. The molecule has 0 saturated carbocycles. The molecule has 5 rings (SSSR count). The number of hydrogen-bond acceptors (Lipinski definition) is 6. The van der Waals surface area contributed by atoms with Crippen LogP contribution in [0.3, 0.4) is 0 Å². The molecule has 2 heterocycles. The maximum absolute atomic E-state index is 13.8. The lowest BCUT2D eigenvalue weighted by Gasteiger charge is -2.18. The summed E-state index contributed by atoms with van der Waals surface area (Å²) in [5.41, 5.74) is 2.71. The Balaban J connectivity index is 1.97. The van der Waals surface area contributed by atoms with Crippen molar-refractivity contribution in [1.29, 1.82) is 10.7 Å². The molecular weight excluding hydrogens is 466 g/mol. The Labute approximate surface area is 212 Å². The molecule has 182 valence electrons. The highest BCUT2D eigenvalue weighted by Gasteiger charge is 2.23. The zero-order chi connectivity index (χ0) is 26.1. The number of methoxy groups -OCH3 is 1. The van der Waals surface area contributed by atoms with Crippen molar-refractivity contribution in [2.75, 3.05) is 7.11 Å². The van der Waals surface area contributed by atoms with E-state index in [1.165, 1.54) is 23.0 Å². The summed E-state index contributed by atoms with van der Waals surface area (Å²) in [4.78, 5) is 18.5. The van der Waals surface area contributed by atoms with Crippen LogP contribution in [0.2, 0.25) is 0 Å². The first-order valence-corrected chi connectivity index (χ1v) is 11.7. The molecule has 0 unspecified atom stereocenters. The van der Waals surface area contributed by atoms with E-state index >= 15 is 0 Å². The number of benzene rings is 3. The SMILES string of the molecule is CCc1ccccc1-n1c(=O)c(C#N)c(-c2ccc(O)cc2)c2c(=N)n(-c3ccc(OC)cc3)cnc21. The zero-order valence-electron chi connectivity index (χ0n) is 20.3. The van der Waals surface area contributed by atoms with Crippen molar-refractivity contribution in [3.8, 4) is 40.1 Å². The van der Waals surface area contributed by atoms with E-state index in [1.54, 1.807) is 48.1 Å². The number of rotatable bonds is 5. The number of aromatic hydroxyl groups is 1. The highest BCUT2D eigenvalue weighted by Crippen LogP contribution is 2.31. The summed E-state index contributed by atoms with van der Waals surface area (Å²) in [6.45, 7) is 1.99. The van der Waals surface area contributed by atoms with Gasteiger partial charge in [-0.15, -0.1) is 0 Å². The number of nitrogens with one attached hydrogen (secondary N) is 1. The van der Waals surface area contributed by atoms with Gasteiger partial charge in [0.1, 0.15) is 34.9 Å². The van der Waals surface area contributed by atoms with Gasteiger partial charge in [0.2, 0.25) is 0 Å². The number of ether oxygens (including phenoxy) is 1. The van der Waals surface area contributed by atoms with Crippen LogP contribution in [-0.2, 0) is 6.42 Å². The molecule has 0 aliphatic carbocycles. The minimum atomic E-state index is -0.520. The van der Waals surface area contributed by atoms with E-state index in [2.05, 4.69) is 11.1 Å². The van der Waals surface area contributed by atoms with E-state index in [4.69, 9.17) is 4.74 Å². The van der Waals surface area contributed by atoms with Crippen LogP contribution in [0.1, 0.15) is 18.1 Å². The molecule has 0 atom stereocenters. The predicted molar refractivity (Wildman–Crippen MR) is 140 cm³/mol. The molecule has 8 nitrogen and oxygen atoms in total. The van der Waals surface area contributed by atoms with E-state index in [0.717, 1.165) is 5.56 Å². The highest BCUT2D eigenvalue weighted by molar-refractivity contribution is 5.96. The van der Waals surface area contributed by atoms with E-state index in [1.807, 2.05) is 31.2 Å². The van der Waals surface area contributed by atoms with Crippen LogP contribution < -0.4 is 15.8 Å². The molecule has 0 bridgehead atoms. The predicted octanol–water partition coefficient (Wildman–Crippen LogP) is 4.47. The normalized spacial score (nSPS) is 10.8. The van der Waals surface area contributed by atoms with Crippen LogP contribution in [-0.4, -0.2) is 26.3 Å². The first kappa shape index (κ1) is 23.6. The van der Waals surface area contributed by atoms with Gasteiger partial charge in [-0.1, -0.05) is 37.3 Å². The Hall–Kier alpha value is -5.16. The molecule has 2 N–H and O–H groups in total. The van der Waals surface area contributed by atoms with Crippen LogP contribution in [0.15, 0.2) is 83.9 Å². The fraction of sp³-hybridized carbons (Fsp3) is 0.103. The number of nitriles is 1. The smallest absolute Gasteiger partial charge is 0.275 e. The van der Waals surface area contributed by atoms with Crippen molar-refractivity contribution in [3.63, 3.8) is 0 Å². The van der Waals surface area contributed by atoms with Gasteiger partial charge in [0, 0.05) is 11.3 Å². The van der Waals surface area contributed by atoms with Gasteiger partial charge in [0.25, 0.3) is 5.56 Å². The van der Waals surface area contributed by atoms with Crippen LogP contribution >= 0.6 is 0 Å². The number of aromatic nitrogens is 3. The molecule has 0 radical (unpaired) electrons. The van der Waals surface area contributed by atoms with Gasteiger partial charge >= 0.3 is 0 Å². The third-order valence-corrected chi connectivity index (χ3v) is 6.36. The second kappa shape index (κ2) is 9.47. The first-order chi connectivity index (χ1) is 18.0. The third-order valence-electron chi connectivity index (χ3n) is 6.36. The van der Waals surface area contributed by atoms with Crippen molar-refractivity contribution in [1.82, 2.24) is 14.1 Å². The van der Waals surface area contributed by atoms with Crippen molar-refractivity contribution >= 4 is 11.0 Å². The summed E-state index contributed by atoms with van der Waals surface area (Å²) in [7, 11) is 1.58. The Kier molecular flexibility index (Phi) is 6.04. The Morgan fingerprint density at radius 3 is 2.41 bits per heavy atom. The maximum atomic E-state index is 13.8. The van der Waals surface area contributed by atoms with E-state index in [0.29, 0.717) is 40.1 Å². The van der Waals surface area contributed by atoms with Crippen LogP contribution in [0, 0.1) is 16.7 Å². The van der Waals surface area contributed by atoms with Crippen molar-refractivity contribution in [2.24, 2.45) is 0 Å². The summed E-state index contributed by atoms with van der Waals surface area (Å²) in [6, 6.07) is 22.9. The second-order valence-electron chi connectivity index (χ2n) is 8.39. The molecular formula is C29H23N5O3. The minimum absolute atomic E-state index is 0.0503. The van der Waals surface area contributed by atoms with E-state index in [-0.39, 0.29) is 22.4 Å². The lowest BCUT2D eigenvalue weighted by atomic mass is 9.97. The number of phenols is 1. The number of pyridine rings is 1. The zero-order valence-corrected chi connectivity index (χ0v) is 20.3. The van der Waals surface area contributed by atoms with Gasteiger partial charge in [0.15, 0.2) is 5.65 Å². The van der Waals surface area contributed by atoms with Gasteiger partial charge in [-0.3, -0.25) is 19.3 Å². The van der Waals surface area contributed by atoms with Crippen LogP contribution in [0.25, 0.3) is 33.5 Å². The van der Waals surface area contributed by atoms with Gasteiger partial charge < -0.3 is 9.84 Å². The lowest BCUT2D eigenvalue weighted by molar-refractivity contribution is 0.414. The van der Waals surface area contributed by atoms with Crippen molar-refractivity contribution < 1.29 is 9.84 Å². The molecule has 0 spiro atoms. The Morgan fingerprint density at radius 1 is 1.05 bits per heavy atom. The molecule has 0 fully saturated rings. The maximum Gasteiger partial charge on any atom is 0.275 e. The number of aryl methyl sites for hydroxylation is 1. The number of nitrogens with zero attached hydrogens (tertiary/aromatic N) is 4. The fourth-order valence-electron chi connectivity index (χ4n) is 4.51. The molecule has 2 aromatic heterocycles. The van der Waals surface area contributed by atoms with E-state index < -0.39 is 5.56 Å². The quantitative estimate of drug-likeness (QED) is 0.378. The topological polar surface area (TPSA) is 117 Å². The molecule has 37 heavy (non-hydrogen) atoms. The lowest BCUT2D eigenvalue weighted by Crippen LogP contribution is -2.29. The van der Waals surface area contributed by atoms with Gasteiger partial charge in [-0.25, -0.2) is 4.98 Å². The molecule has 5 aromatic rings. The van der Waals surface area contributed by atoms with Gasteiger partial charge in [-0.05, 0) is 60.0 Å². The molecule has 3 aromatic carbocycles. The van der Waals surface area contributed by atoms with Gasteiger partial charge in [0.05, 0.1) is 18.2 Å².